The Morgan fingerprint density at radius 1 is 1.21 bits per heavy atom. The van der Waals surface area contributed by atoms with Gasteiger partial charge < -0.3 is 4.74 Å². The fraction of sp³-hybridized carbons (Fsp3) is 0.333. The van der Waals surface area contributed by atoms with Crippen LogP contribution in [0.15, 0.2) is 46.9 Å². The number of carbonyl (C=O) groups is 1. The van der Waals surface area contributed by atoms with E-state index in [2.05, 4.69) is 22.1 Å². The Bertz CT molecular complexity index is 994. The Kier molecular flexibility index (Phi) is 6.10. The first-order chi connectivity index (χ1) is 14.2. The Balaban J connectivity index is 1.84. The number of unbranched alkanes of at least 4 members (excludes halogenated alkanes) is 1. The molecule has 0 saturated carbocycles. The Labute approximate surface area is 178 Å². The summed E-state index contributed by atoms with van der Waals surface area (Å²) in [6.45, 7) is 4.01. The number of anilines is 1. The lowest BCUT2D eigenvalue weighted by molar-refractivity contribution is -0.120. The summed E-state index contributed by atoms with van der Waals surface area (Å²) < 4.78 is 6.35. The highest BCUT2D eigenvalue weighted by molar-refractivity contribution is 7.99. The van der Waals surface area contributed by atoms with Crippen molar-refractivity contribution in [1.29, 1.82) is 0 Å². The van der Waals surface area contributed by atoms with E-state index in [0.717, 1.165) is 34.7 Å². The molecule has 1 amide bonds. The van der Waals surface area contributed by atoms with E-state index in [0.29, 0.717) is 23.2 Å². The molecule has 4 rings (SSSR count). The molecule has 8 heteroatoms. The minimum absolute atomic E-state index is 0.0193. The molecule has 1 aromatic carbocycles. The molecular weight excluding hydrogens is 404 g/mol. The Morgan fingerprint density at radius 2 is 2.07 bits per heavy atom. The maximum absolute atomic E-state index is 13.0. The number of thiophene rings is 1. The lowest BCUT2D eigenvalue weighted by atomic mass is 10.1. The van der Waals surface area contributed by atoms with Gasteiger partial charge in [-0.2, -0.15) is 4.98 Å². The quantitative estimate of drug-likeness (QED) is 0.392. The molecular formula is C21H22N4O2S2. The van der Waals surface area contributed by atoms with Gasteiger partial charge in [0.25, 0.3) is 0 Å². The van der Waals surface area contributed by atoms with Gasteiger partial charge in [0.1, 0.15) is 0 Å². The number of para-hydroxylation sites is 1. The molecule has 0 aliphatic carbocycles. The standard InChI is InChI=1S/C21H22N4O2S2/c1-3-5-12-29-21-22-19-18(23-24-21)14-9-6-7-10-15(14)25(17(26)4-2)20(27-19)16-11-8-13-28-16/h6-11,13,20H,3-5,12H2,1-2H3/t20-/m1/s1. The molecule has 3 aromatic rings. The summed E-state index contributed by atoms with van der Waals surface area (Å²) in [5.41, 5.74) is 2.13. The van der Waals surface area contributed by atoms with Crippen molar-refractivity contribution >= 4 is 34.7 Å². The average molecular weight is 427 g/mol. The van der Waals surface area contributed by atoms with Gasteiger partial charge in [0.2, 0.25) is 23.2 Å². The molecule has 0 spiro atoms. The molecule has 1 aliphatic heterocycles. The smallest absolute Gasteiger partial charge is 0.247 e. The van der Waals surface area contributed by atoms with E-state index in [9.17, 15) is 4.79 Å². The van der Waals surface area contributed by atoms with Crippen LogP contribution in [0.25, 0.3) is 11.3 Å². The van der Waals surface area contributed by atoms with Gasteiger partial charge in [-0.1, -0.05) is 56.3 Å². The monoisotopic (exact) mass is 426 g/mol. The molecule has 1 atom stereocenters. The van der Waals surface area contributed by atoms with Crippen molar-refractivity contribution in [3.8, 4) is 17.1 Å². The number of hydrogen-bond donors (Lipinski definition) is 0. The van der Waals surface area contributed by atoms with Crippen molar-refractivity contribution in [3.05, 3.63) is 46.7 Å². The lowest BCUT2D eigenvalue weighted by Gasteiger charge is -2.29. The Morgan fingerprint density at radius 3 is 2.83 bits per heavy atom. The molecule has 2 aromatic heterocycles. The van der Waals surface area contributed by atoms with Crippen LogP contribution < -0.4 is 9.64 Å². The van der Waals surface area contributed by atoms with Gasteiger partial charge in [-0.05, 0) is 23.9 Å². The molecule has 29 heavy (non-hydrogen) atoms. The van der Waals surface area contributed by atoms with Crippen molar-refractivity contribution in [2.24, 2.45) is 0 Å². The van der Waals surface area contributed by atoms with Crippen molar-refractivity contribution in [2.75, 3.05) is 10.7 Å². The van der Waals surface area contributed by atoms with Crippen LogP contribution in [0.1, 0.15) is 44.2 Å². The third-order valence-corrected chi connectivity index (χ3v) is 6.43. The van der Waals surface area contributed by atoms with E-state index in [1.165, 1.54) is 0 Å². The van der Waals surface area contributed by atoms with Crippen molar-refractivity contribution in [1.82, 2.24) is 15.2 Å². The van der Waals surface area contributed by atoms with Crippen molar-refractivity contribution < 1.29 is 9.53 Å². The van der Waals surface area contributed by atoms with Crippen molar-refractivity contribution in [2.45, 2.75) is 44.5 Å². The maximum Gasteiger partial charge on any atom is 0.247 e. The number of thioether (sulfide) groups is 1. The second kappa shape index (κ2) is 8.92. The van der Waals surface area contributed by atoms with Gasteiger partial charge in [-0.3, -0.25) is 9.69 Å². The third-order valence-electron chi connectivity index (χ3n) is 4.60. The van der Waals surface area contributed by atoms with Crippen LogP contribution in [0.5, 0.6) is 5.88 Å². The zero-order valence-electron chi connectivity index (χ0n) is 16.4. The van der Waals surface area contributed by atoms with Crippen LogP contribution in [-0.4, -0.2) is 26.8 Å². The van der Waals surface area contributed by atoms with E-state index in [1.54, 1.807) is 28.0 Å². The highest BCUT2D eigenvalue weighted by atomic mass is 32.2. The van der Waals surface area contributed by atoms with Crippen LogP contribution in [0.2, 0.25) is 0 Å². The minimum Gasteiger partial charge on any atom is -0.446 e. The number of ether oxygens (including phenoxy) is 1. The highest BCUT2D eigenvalue weighted by Crippen LogP contribution is 2.44. The number of carbonyl (C=O) groups excluding carboxylic acids is 1. The Hall–Kier alpha value is -2.45. The number of rotatable bonds is 6. The predicted molar refractivity (Wildman–Crippen MR) is 116 cm³/mol. The summed E-state index contributed by atoms with van der Waals surface area (Å²) in [7, 11) is 0. The van der Waals surface area contributed by atoms with Crippen molar-refractivity contribution in [3.63, 3.8) is 0 Å². The average Bonchev–Trinajstić information content (AvgIpc) is 3.24. The highest BCUT2D eigenvalue weighted by Gasteiger charge is 2.35. The fourth-order valence-electron chi connectivity index (χ4n) is 3.14. The minimum atomic E-state index is -0.588. The number of nitrogens with zero attached hydrogens (tertiary/aromatic N) is 4. The summed E-state index contributed by atoms with van der Waals surface area (Å²) in [5.74, 6) is 1.33. The number of hydrogen-bond acceptors (Lipinski definition) is 7. The summed E-state index contributed by atoms with van der Waals surface area (Å²) in [6.07, 6.45) is 1.98. The maximum atomic E-state index is 13.0. The van der Waals surface area contributed by atoms with Gasteiger partial charge >= 0.3 is 0 Å². The number of amides is 1. The zero-order chi connectivity index (χ0) is 20.2. The molecule has 0 bridgehead atoms. The summed E-state index contributed by atoms with van der Waals surface area (Å²) in [6, 6.07) is 11.6. The third kappa shape index (κ3) is 4.00. The van der Waals surface area contributed by atoms with Gasteiger partial charge in [0.15, 0.2) is 5.69 Å². The number of benzene rings is 1. The second-order valence-electron chi connectivity index (χ2n) is 6.57. The van der Waals surface area contributed by atoms with Crippen LogP contribution >= 0.6 is 23.1 Å². The van der Waals surface area contributed by atoms with Crippen LogP contribution in [0, 0.1) is 0 Å². The molecule has 6 nitrogen and oxygen atoms in total. The SMILES string of the molecule is CCCCSc1nnc2c(n1)O[C@H](c1cccs1)N(C(=O)CC)c1ccccc1-2. The van der Waals surface area contributed by atoms with Gasteiger partial charge in [-0.25, -0.2) is 0 Å². The van der Waals surface area contributed by atoms with Gasteiger partial charge in [0.05, 0.1) is 10.6 Å². The van der Waals surface area contributed by atoms with Crippen LogP contribution in [-0.2, 0) is 4.79 Å². The molecule has 0 unspecified atom stereocenters. The van der Waals surface area contributed by atoms with E-state index >= 15 is 0 Å². The summed E-state index contributed by atoms with van der Waals surface area (Å²) in [5, 5.41) is 11.3. The van der Waals surface area contributed by atoms with Gasteiger partial charge in [-0.15, -0.1) is 21.5 Å². The molecule has 1 aliphatic rings. The first-order valence-electron chi connectivity index (χ1n) is 9.72. The van der Waals surface area contributed by atoms with Gasteiger partial charge in [0, 0.05) is 17.7 Å². The molecule has 0 radical (unpaired) electrons. The topological polar surface area (TPSA) is 68.2 Å². The predicted octanol–water partition coefficient (Wildman–Crippen LogP) is 5.33. The summed E-state index contributed by atoms with van der Waals surface area (Å²) >= 11 is 3.13. The molecule has 0 fully saturated rings. The normalized spacial score (nSPS) is 15.2. The largest absolute Gasteiger partial charge is 0.446 e. The lowest BCUT2D eigenvalue weighted by Crippen LogP contribution is -2.36. The van der Waals surface area contributed by atoms with E-state index in [-0.39, 0.29) is 5.91 Å². The van der Waals surface area contributed by atoms with Crippen LogP contribution in [0.4, 0.5) is 5.69 Å². The molecule has 3 heterocycles. The van der Waals surface area contributed by atoms with E-state index in [1.807, 2.05) is 48.7 Å². The van der Waals surface area contributed by atoms with Crippen LogP contribution in [0.3, 0.4) is 0 Å². The zero-order valence-corrected chi connectivity index (χ0v) is 18.0. The molecule has 150 valence electrons. The molecule has 0 saturated heterocycles. The van der Waals surface area contributed by atoms with E-state index in [4.69, 9.17) is 4.74 Å². The fourth-order valence-corrected chi connectivity index (χ4v) is 4.74. The number of aromatic nitrogens is 3. The second-order valence-corrected chi connectivity index (χ2v) is 8.61. The molecule has 0 N–H and O–H groups in total. The number of fused-ring (bicyclic) bond motifs is 3. The summed E-state index contributed by atoms with van der Waals surface area (Å²) in [4.78, 5) is 20.3. The first kappa shape index (κ1) is 19.8. The first-order valence-corrected chi connectivity index (χ1v) is 11.6. The van der Waals surface area contributed by atoms with E-state index < -0.39 is 6.23 Å².